The number of nitrogens with one attached hydrogen (secondary N) is 1. The zero-order chi connectivity index (χ0) is 20.5. The molecule has 0 bridgehead atoms. The average molecular weight is 389 g/mol. The van der Waals surface area contributed by atoms with Crippen molar-refractivity contribution >= 4 is 38.8 Å². The molecular formula is C26H19N3O. The number of nitrogens with two attached hydrogens (primary N) is 1. The van der Waals surface area contributed by atoms with Crippen LogP contribution in [0.2, 0.25) is 0 Å². The van der Waals surface area contributed by atoms with Crippen molar-refractivity contribution in [1.29, 1.82) is 0 Å². The maximum Gasteiger partial charge on any atom is 0.257 e. The van der Waals surface area contributed by atoms with E-state index in [1.54, 1.807) is 24.5 Å². The second kappa shape index (κ2) is 7.33. The van der Waals surface area contributed by atoms with Crippen molar-refractivity contribution in [2.24, 2.45) is 0 Å². The molecule has 0 atom stereocenters. The molecule has 5 rings (SSSR count). The smallest absolute Gasteiger partial charge is 0.257 e. The maximum absolute atomic E-state index is 12.9. The molecule has 3 N–H and O–H groups in total. The number of anilines is 2. The number of carbonyl (C=O) groups excluding carboxylic acids is 1. The number of aromatic nitrogens is 1. The van der Waals surface area contributed by atoms with Gasteiger partial charge in [0.15, 0.2) is 0 Å². The van der Waals surface area contributed by atoms with Gasteiger partial charge in [0.25, 0.3) is 5.91 Å². The fourth-order valence-corrected chi connectivity index (χ4v) is 3.90. The van der Waals surface area contributed by atoms with Gasteiger partial charge in [-0.05, 0) is 45.8 Å². The Morgan fingerprint density at radius 1 is 0.733 bits per heavy atom. The lowest BCUT2D eigenvalue weighted by Crippen LogP contribution is -2.13. The number of hydrogen-bond acceptors (Lipinski definition) is 3. The minimum absolute atomic E-state index is 0.210. The molecule has 144 valence electrons. The molecule has 1 aromatic heterocycles. The molecule has 1 heterocycles. The Balaban J connectivity index is 1.78. The van der Waals surface area contributed by atoms with Crippen molar-refractivity contribution in [1.82, 2.24) is 4.98 Å². The van der Waals surface area contributed by atoms with Gasteiger partial charge in [0.2, 0.25) is 0 Å². The molecule has 0 aliphatic carbocycles. The minimum Gasteiger partial charge on any atom is -0.398 e. The minimum atomic E-state index is -0.210. The zero-order valence-corrected chi connectivity index (χ0v) is 16.2. The molecule has 0 saturated carbocycles. The number of benzene rings is 4. The van der Waals surface area contributed by atoms with Gasteiger partial charge in [-0.15, -0.1) is 0 Å². The van der Waals surface area contributed by atoms with Crippen LogP contribution in [0.5, 0.6) is 0 Å². The Morgan fingerprint density at radius 3 is 2.10 bits per heavy atom. The second-order valence-electron chi connectivity index (χ2n) is 7.16. The number of carbonyl (C=O) groups is 1. The van der Waals surface area contributed by atoms with Crippen LogP contribution >= 0.6 is 0 Å². The van der Waals surface area contributed by atoms with Crippen molar-refractivity contribution < 1.29 is 4.79 Å². The summed E-state index contributed by atoms with van der Waals surface area (Å²) in [5.41, 5.74) is 10.2. The van der Waals surface area contributed by atoms with Crippen molar-refractivity contribution in [2.75, 3.05) is 11.1 Å². The highest BCUT2D eigenvalue weighted by Gasteiger charge is 2.17. The van der Waals surface area contributed by atoms with Gasteiger partial charge in [0, 0.05) is 34.9 Å². The number of fused-ring (bicyclic) bond motifs is 2. The standard InChI is InChI=1S/C26H19N3O/c27-22-13-11-17-6-1-3-9-20(17)24(22)25-21-10-4-2-7-18(21)12-14-23(25)29-26(30)19-8-5-15-28-16-19/h1-16H,27H2,(H,29,30). The molecule has 4 nitrogen and oxygen atoms in total. The molecule has 0 radical (unpaired) electrons. The Labute approximate surface area is 174 Å². The van der Waals surface area contributed by atoms with E-state index in [2.05, 4.69) is 34.6 Å². The fourth-order valence-electron chi connectivity index (χ4n) is 3.90. The first-order chi connectivity index (χ1) is 14.7. The van der Waals surface area contributed by atoms with E-state index in [9.17, 15) is 4.79 Å². The zero-order valence-electron chi connectivity index (χ0n) is 16.2. The normalized spacial score (nSPS) is 10.9. The third-order valence-corrected chi connectivity index (χ3v) is 5.31. The van der Waals surface area contributed by atoms with Crippen molar-refractivity contribution in [3.8, 4) is 11.1 Å². The number of rotatable bonds is 3. The Hall–Kier alpha value is -4.18. The number of nitrogen functional groups attached to an aromatic ring is 1. The predicted molar refractivity (Wildman–Crippen MR) is 123 cm³/mol. The summed E-state index contributed by atoms with van der Waals surface area (Å²) in [7, 11) is 0. The van der Waals surface area contributed by atoms with E-state index in [1.807, 2.05) is 48.5 Å². The molecule has 5 aromatic rings. The highest BCUT2D eigenvalue weighted by molar-refractivity contribution is 6.16. The van der Waals surface area contributed by atoms with E-state index >= 15 is 0 Å². The molecule has 0 spiro atoms. The lowest BCUT2D eigenvalue weighted by Gasteiger charge is -2.18. The largest absolute Gasteiger partial charge is 0.398 e. The highest BCUT2D eigenvalue weighted by atomic mass is 16.1. The first-order valence-corrected chi connectivity index (χ1v) is 9.73. The molecule has 0 aliphatic rings. The van der Waals surface area contributed by atoms with Crippen molar-refractivity contribution in [3.05, 3.63) is 103 Å². The molecule has 0 unspecified atom stereocenters. The van der Waals surface area contributed by atoms with Crippen LogP contribution < -0.4 is 11.1 Å². The maximum atomic E-state index is 12.9. The van der Waals surface area contributed by atoms with E-state index in [-0.39, 0.29) is 5.91 Å². The third-order valence-electron chi connectivity index (χ3n) is 5.31. The molecule has 4 heteroatoms. The van der Waals surface area contributed by atoms with Crippen LogP contribution in [0.15, 0.2) is 97.3 Å². The van der Waals surface area contributed by atoms with Crippen LogP contribution in [-0.4, -0.2) is 10.9 Å². The topological polar surface area (TPSA) is 68.0 Å². The first-order valence-electron chi connectivity index (χ1n) is 9.73. The number of pyridine rings is 1. The number of amides is 1. The van der Waals surface area contributed by atoms with Gasteiger partial charge in [-0.1, -0.05) is 60.7 Å². The SMILES string of the molecule is Nc1ccc2ccccc2c1-c1c(NC(=O)c2cccnc2)ccc2ccccc12. The Bertz CT molecular complexity index is 1390. The summed E-state index contributed by atoms with van der Waals surface area (Å²) >= 11 is 0. The van der Waals surface area contributed by atoms with Crippen molar-refractivity contribution in [2.45, 2.75) is 0 Å². The number of hydrogen-bond donors (Lipinski definition) is 2. The Kier molecular flexibility index (Phi) is 4.37. The highest BCUT2D eigenvalue weighted by Crippen LogP contribution is 2.42. The van der Waals surface area contributed by atoms with Gasteiger partial charge in [0.05, 0.1) is 5.56 Å². The molecule has 4 aromatic carbocycles. The summed E-state index contributed by atoms with van der Waals surface area (Å²) in [6, 6.07) is 27.7. The van der Waals surface area contributed by atoms with Gasteiger partial charge in [-0.3, -0.25) is 9.78 Å². The lowest BCUT2D eigenvalue weighted by molar-refractivity contribution is 0.102. The van der Waals surface area contributed by atoms with Gasteiger partial charge < -0.3 is 11.1 Å². The fraction of sp³-hybridized carbons (Fsp3) is 0. The quantitative estimate of drug-likeness (QED) is 0.378. The summed E-state index contributed by atoms with van der Waals surface area (Å²) in [6.07, 6.45) is 3.21. The molecule has 1 amide bonds. The van der Waals surface area contributed by atoms with Crippen LogP contribution in [0, 0.1) is 0 Å². The van der Waals surface area contributed by atoms with E-state index < -0.39 is 0 Å². The van der Waals surface area contributed by atoms with E-state index in [1.165, 1.54) is 0 Å². The van der Waals surface area contributed by atoms with Crippen LogP contribution in [0.25, 0.3) is 32.7 Å². The van der Waals surface area contributed by atoms with Crippen LogP contribution in [0.3, 0.4) is 0 Å². The van der Waals surface area contributed by atoms with Gasteiger partial charge in [-0.2, -0.15) is 0 Å². The average Bonchev–Trinajstić information content (AvgIpc) is 2.80. The summed E-state index contributed by atoms with van der Waals surface area (Å²) in [6.45, 7) is 0. The van der Waals surface area contributed by atoms with Gasteiger partial charge >= 0.3 is 0 Å². The Morgan fingerprint density at radius 2 is 1.40 bits per heavy atom. The molecule has 0 fully saturated rings. The van der Waals surface area contributed by atoms with E-state index in [4.69, 9.17) is 5.73 Å². The molecule has 0 saturated heterocycles. The summed E-state index contributed by atoms with van der Waals surface area (Å²) in [4.78, 5) is 17.0. The van der Waals surface area contributed by atoms with Gasteiger partial charge in [-0.25, -0.2) is 0 Å². The summed E-state index contributed by atoms with van der Waals surface area (Å²) in [5.74, 6) is -0.210. The van der Waals surface area contributed by atoms with Crippen LogP contribution in [0.4, 0.5) is 11.4 Å². The summed E-state index contributed by atoms with van der Waals surface area (Å²) < 4.78 is 0. The monoisotopic (exact) mass is 389 g/mol. The second-order valence-corrected chi connectivity index (χ2v) is 7.16. The summed E-state index contributed by atoms with van der Waals surface area (Å²) in [5, 5.41) is 7.33. The van der Waals surface area contributed by atoms with Crippen LogP contribution in [-0.2, 0) is 0 Å². The number of nitrogens with zero attached hydrogens (tertiary/aromatic N) is 1. The predicted octanol–water partition coefficient (Wildman–Crippen LogP) is 5.89. The molecular weight excluding hydrogens is 370 g/mol. The van der Waals surface area contributed by atoms with E-state index in [0.29, 0.717) is 16.9 Å². The third kappa shape index (κ3) is 3.05. The van der Waals surface area contributed by atoms with Crippen molar-refractivity contribution in [3.63, 3.8) is 0 Å². The molecule has 30 heavy (non-hydrogen) atoms. The lowest BCUT2D eigenvalue weighted by atomic mass is 9.91. The molecule has 0 aliphatic heterocycles. The van der Waals surface area contributed by atoms with Gasteiger partial charge in [0.1, 0.15) is 0 Å². The van der Waals surface area contributed by atoms with Crippen LogP contribution in [0.1, 0.15) is 10.4 Å². The van der Waals surface area contributed by atoms with E-state index in [0.717, 1.165) is 32.7 Å². The first kappa shape index (κ1) is 17.9.